The minimum absolute atomic E-state index is 0.277. The van der Waals surface area contributed by atoms with Crippen LogP contribution in [-0.4, -0.2) is 23.0 Å². The highest BCUT2D eigenvalue weighted by molar-refractivity contribution is 5.91. The third kappa shape index (κ3) is 4.51. The number of hydrogen-bond donors (Lipinski definition) is 2. The second-order valence-electron chi connectivity index (χ2n) is 3.59. The highest BCUT2D eigenvalue weighted by Gasteiger charge is 2.18. The Hall–Kier alpha value is -2.10. The first-order chi connectivity index (χ1) is 8.13. The van der Waals surface area contributed by atoms with Crippen LogP contribution in [0.3, 0.4) is 0 Å². The zero-order valence-electron chi connectivity index (χ0n) is 9.59. The van der Waals surface area contributed by atoms with E-state index in [9.17, 15) is 9.59 Å². The molecule has 0 saturated carbocycles. The number of carboxylic acids is 1. The normalized spacial score (nSPS) is 12.3. The summed E-state index contributed by atoms with van der Waals surface area (Å²) in [7, 11) is 0. The molecule has 1 atom stereocenters. The number of nitrogens with one attached hydrogen (secondary N) is 1. The van der Waals surface area contributed by atoms with E-state index in [-0.39, 0.29) is 6.42 Å². The number of benzene rings is 1. The van der Waals surface area contributed by atoms with Crippen LogP contribution in [0, 0.1) is 0 Å². The molecule has 1 amide bonds. The molecule has 0 heterocycles. The molecule has 1 rings (SSSR count). The Labute approximate surface area is 100.0 Å². The fourth-order valence-corrected chi connectivity index (χ4v) is 1.42. The number of carbonyl (C=O) groups is 2. The first kappa shape index (κ1) is 13.0. The molecule has 0 spiro atoms. The number of amides is 1. The quantitative estimate of drug-likeness (QED) is 0.755. The molecule has 0 fully saturated rings. The van der Waals surface area contributed by atoms with Crippen molar-refractivity contribution in [1.82, 2.24) is 5.32 Å². The number of rotatable bonds is 5. The van der Waals surface area contributed by atoms with Gasteiger partial charge in [-0.25, -0.2) is 4.79 Å². The fraction of sp³-hybridized carbons (Fsp3) is 0.231. The molecule has 0 aliphatic carbocycles. The van der Waals surface area contributed by atoms with E-state index in [0.717, 1.165) is 5.56 Å². The number of allylic oxidation sites excluding steroid dienone is 1. The average Bonchev–Trinajstić information content (AvgIpc) is 2.29. The first-order valence-corrected chi connectivity index (χ1v) is 5.33. The molecule has 0 aliphatic rings. The average molecular weight is 233 g/mol. The van der Waals surface area contributed by atoms with Crippen LogP contribution in [0.25, 0.3) is 0 Å². The van der Waals surface area contributed by atoms with Crippen LogP contribution in [-0.2, 0) is 16.0 Å². The Morgan fingerprint density at radius 3 is 2.53 bits per heavy atom. The molecule has 4 nitrogen and oxygen atoms in total. The number of hydrogen-bond acceptors (Lipinski definition) is 2. The lowest BCUT2D eigenvalue weighted by molar-refractivity contribution is -0.141. The van der Waals surface area contributed by atoms with Gasteiger partial charge in [-0.2, -0.15) is 0 Å². The monoisotopic (exact) mass is 233 g/mol. The van der Waals surface area contributed by atoms with Gasteiger partial charge in [0, 0.05) is 6.42 Å². The van der Waals surface area contributed by atoms with Crippen molar-refractivity contribution < 1.29 is 14.7 Å². The van der Waals surface area contributed by atoms with Gasteiger partial charge in [0.05, 0.1) is 0 Å². The van der Waals surface area contributed by atoms with Gasteiger partial charge in [-0.05, 0) is 18.6 Å². The molecule has 4 heteroatoms. The van der Waals surface area contributed by atoms with Gasteiger partial charge in [-0.1, -0.05) is 36.4 Å². The molecule has 1 aromatic rings. The van der Waals surface area contributed by atoms with Crippen molar-refractivity contribution in [3.63, 3.8) is 0 Å². The lowest BCUT2D eigenvalue weighted by Crippen LogP contribution is -2.41. The first-order valence-electron chi connectivity index (χ1n) is 5.33. The van der Waals surface area contributed by atoms with Crippen molar-refractivity contribution in [3.8, 4) is 0 Å². The standard InChI is InChI=1S/C13H15NO3/c1-2-6-12(15)14-11(13(16)17)9-10-7-4-3-5-8-10/h2-8,11H,9H2,1H3,(H,14,15)(H,16,17)/b6-2+/t11-/m0/s1. The largest absolute Gasteiger partial charge is 0.480 e. The number of aliphatic carboxylic acids is 1. The van der Waals surface area contributed by atoms with Crippen LogP contribution in [0.4, 0.5) is 0 Å². The van der Waals surface area contributed by atoms with Crippen LogP contribution in [0.15, 0.2) is 42.5 Å². The SMILES string of the molecule is C/C=C/C(=O)N[C@@H](Cc1ccccc1)C(=O)O. The van der Waals surface area contributed by atoms with E-state index in [1.165, 1.54) is 6.08 Å². The maximum absolute atomic E-state index is 11.3. The third-order valence-corrected chi connectivity index (χ3v) is 2.22. The van der Waals surface area contributed by atoms with E-state index in [1.807, 2.05) is 30.3 Å². The maximum atomic E-state index is 11.3. The second-order valence-corrected chi connectivity index (χ2v) is 3.59. The highest BCUT2D eigenvalue weighted by atomic mass is 16.4. The molecule has 0 aromatic heterocycles. The van der Waals surface area contributed by atoms with Crippen LogP contribution in [0.1, 0.15) is 12.5 Å². The van der Waals surface area contributed by atoms with Gasteiger partial charge < -0.3 is 10.4 Å². The van der Waals surface area contributed by atoms with Crippen LogP contribution < -0.4 is 5.32 Å². The van der Waals surface area contributed by atoms with E-state index < -0.39 is 17.9 Å². The summed E-state index contributed by atoms with van der Waals surface area (Å²) in [6, 6.07) is 8.29. The smallest absolute Gasteiger partial charge is 0.326 e. The van der Waals surface area contributed by atoms with E-state index in [2.05, 4.69) is 5.32 Å². The highest BCUT2D eigenvalue weighted by Crippen LogP contribution is 2.03. The van der Waals surface area contributed by atoms with Crippen molar-refractivity contribution >= 4 is 11.9 Å². The summed E-state index contributed by atoms with van der Waals surface area (Å²) in [5, 5.41) is 11.5. The van der Waals surface area contributed by atoms with Crippen molar-refractivity contribution in [1.29, 1.82) is 0 Å². The van der Waals surface area contributed by atoms with Crippen molar-refractivity contribution in [2.75, 3.05) is 0 Å². The zero-order chi connectivity index (χ0) is 12.7. The van der Waals surface area contributed by atoms with E-state index in [0.29, 0.717) is 0 Å². The maximum Gasteiger partial charge on any atom is 0.326 e. The van der Waals surface area contributed by atoms with Gasteiger partial charge in [0.25, 0.3) is 0 Å². The molecular weight excluding hydrogens is 218 g/mol. The molecule has 0 unspecified atom stereocenters. The topological polar surface area (TPSA) is 66.4 Å². The van der Waals surface area contributed by atoms with Gasteiger partial charge >= 0.3 is 5.97 Å². The minimum atomic E-state index is -1.04. The summed E-state index contributed by atoms with van der Waals surface area (Å²) in [5.74, 6) is -1.43. The molecule has 17 heavy (non-hydrogen) atoms. The Kier molecular flexibility index (Phi) is 4.94. The second kappa shape index (κ2) is 6.48. The van der Waals surface area contributed by atoms with Gasteiger partial charge in [-0.15, -0.1) is 0 Å². The van der Waals surface area contributed by atoms with E-state index in [4.69, 9.17) is 5.11 Å². The van der Waals surface area contributed by atoms with Crippen LogP contribution in [0.2, 0.25) is 0 Å². The van der Waals surface area contributed by atoms with Gasteiger partial charge in [0.1, 0.15) is 6.04 Å². The molecule has 2 N–H and O–H groups in total. The van der Waals surface area contributed by atoms with Crippen LogP contribution >= 0.6 is 0 Å². The molecule has 90 valence electrons. The third-order valence-electron chi connectivity index (χ3n) is 2.22. The molecule has 0 saturated heterocycles. The Bertz CT molecular complexity index is 412. The lowest BCUT2D eigenvalue weighted by Gasteiger charge is -2.13. The Balaban J connectivity index is 2.67. The summed E-state index contributed by atoms with van der Waals surface area (Å²) >= 11 is 0. The summed E-state index contributed by atoms with van der Waals surface area (Å²) in [5.41, 5.74) is 0.876. The number of carboxylic acid groups (broad SMARTS) is 1. The Morgan fingerprint density at radius 2 is 2.00 bits per heavy atom. The minimum Gasteiger partial charge on any atom is -0.480 e. The summed E-state index contributed by atoms with van der Waals surface area (Å²) in [6.07, 6.45) is 3.15. The summed E-state index contributed by atoms with van der Waals surface area (Å²) < 4.78 is 0. The molecular formula is C13H15NO3. The Morgan fingerprint density at radius 1 is 1.35 bits per heavy atom. The molecule has 0 bridgehead atoms. The summed E-state index contributed by atoms with van der Waals surface area (Å²) in [4.78, 5) is 22.3. The van der Waals surface area contributed by atoms with E-state index >= 15 is 0 Å². The van der Waals surface area contributed by atoms with Gasteiger partial charge in [-0.3, -0.25) is 4.79 Å². The summed E-state index contributed by atoms with van der Waals surface area (Å²) in [6.45, 7) is 1.70. The molecule has 1 aromatic carbocycles. The van der Waals surface area contributed by atoms with E-state index in [1.54, 1.807) is 13.0 Å². The van der Waals surface area contributed by atoms with Gasteiger partial charge in [0.2, 0.25) is 5.91 Å². The molecule has 0 aliphatic heterocycles. The van der Waals surface area contributed by atoms with Crippen molar-refractivity contribution in [2.45, 2.75) is 19.4 Å². The van der Waals surface area contributed by atoms with Crippen molar-refractivity contribution in [2.24, 2.45) is 0 Å². The van der Waals surface area contributed by atoms with Crippen LogP contribution in [0.5, 0.6) is 0 Å². The predicted octanol–water partition coefficient (Wildman–Crippen LogP) is 1.37. The zero-order valence-corrected chi connectivity index (χ0v) is 9.59. The predicted molar refractivity (Wildman–Crippen MR) is 64.5 cm³/mol. The van der Waals surface area contributed by atoms with Gasteiger partial charge in [0.15, 0.2) is 0 Å². The fourth-order valence-electron chi connectivity index (χ4n) is 1.42. The molecule has 0 radical (unpaired) electrons. The lowest BCUT2D eigenvalue weighted by atomic mass is 10.1. The van der Waals surface area contributed by atoms with Crippen molar-refractivity contribution in [3.05, 3.63) is 48.0 Å². The number of carbonyl (C=O) groups excluding carboxylic acids is 1.